The molecule has 0 aromatic carbocycles. The van der Waals surface area contributed by atoms with Crippen molar-refractivity contribution in [2.75, 3.05) is 7.05 Å². The van der Waals surface area contributed by atoms with E-state index >= 15 is 0 Å². The normalized spacial score (nSPS) is 11.3. The third kappa shape index (κ3) is 2.07. The molecule has 0 unspecified atom stereocenters. The van der Waals surface area contributed by atoms with Gasteiger partial charge in [0.1, 0.15) is 4.83 Å². The van der Waals surface area contributed by atoms with Gasteiger partial charge in [0.2, 0.25) is 0 Å². The Labute approximate surface area is 119 Å². The van der Waals surface area contributed by atoms with E-state index in [1.54, 1.807) is 25.1 Å². The van der Waals surface area contributed by atoms with Gasteiger partial charge in [0.15, 0.2) is 0 Å². The average molecular weight is 295 g/mol. The van der Waals surface area contributed by atoms with Crippen molar-refractivity contribution in [1.82, 2.24) is 14.0 Å². The molecule has 2 heterocycles. The van der Waals surface area contributed by atoms with Crippen molar-refractivity contribution in [3.63, 3.8) is 0 Å². The molecule has 20 heavy (non-hydrogen) atoms. The summed E-state index contributed by atoms with van der Waals surface area (Å²) in [4.78, 5) is 38.8. The van der Waals surface area contributed by atoms with Crippen LogP contribution < -0.4 is 11.2 Å². The maximum atomic E-state index is 12.3. The molecule has 7 heteroatoms. The predicted octanol–water partition coefficient (Wildman–Crippen LogP) is 0.779. The molecule has 0 saturated heterocycles. The van der Waals surface area contributed by atoms with Crippen LogP contribution in [0, 0.1) is 0 Å². The molecule has 108 valence electrons. The Balaban J connectivity index is 2.70. The van der Waals surface area contributed by atoms with E-state index in [0.29, 0.717) is 15.1 Å². The first-order valence-electron chi connectivity index (χ1n) is 6.22. The lowest BCUT2D eigenvalue weighted by Gasteiger charge is -2.20. The van der Waals surface area contributed by atoms with Crippen LogP contribution in [0.15, 0.2) is 15.7 Å². The molecule has 0 fully saturated rings. The minimum atomic E-state index is -0.388. The molecular formula is C13H17N3O3S. The smallest absolute Gasteiger partial charge is 0.331 e. The number of carbonyl (C=O) groups is 1. The van der Waals surface area contributed by atoms with Crippen LogP contribution in [-0.2, 0) is 14.1 Å². The van der Waals surface area contributed by atoms with Gasteiger partial charge in [-0.05, 0) is 19.9 Å². The summed E-state index contributed by atoms with van der Waals surface area (Å²) in [6, 6.07) is 1.64. The van der Waals surface area contributed by atoms with Crippen LogP contribution in [0.25, 0.3) is 10.2 Å². The van der Waals surface area contributed by atoms with Crippen LogP contribution in [-0.4, -0.2) is 33.0 Å². The van der Waals surface area contributed by atoms with Gasteiger partial charge in [-0.3, -0.25) is 18.7 Å². The summed E-state index contributed by atoms with van der Waals surface area (Å²) >= 11 is 1.17. The van der Waals surface area contributed by atoms with E-state index in [9.17, 15) is 14.4 Å². The van der Waals surface area contributed by atoms with Gasteiger partial charge < -0.3 is 4.90 Å². The molecule has 0 bridgehead atoms. The number of hydrogen-bond acceptors (Lipinski definition) is 4. The highest BCUT2D eigenvalue weighted by Gasteiger charge is 2.20. The van der Waals surface area contributed by atoms with Gasteiger partial charge in [0.25, 0.3) is 11.5 Å². The van der Waals surface area contributed by atoms with Gasteiger partial charge in [0, 0.05) is 27.2 Å². The average Bonchev–Trinajstić information content (AvgIpc) is 2.86. The fraction of sp³-hybridized carbons (Fsp3) is 0.462. The number of nitrogens with zero attached hydrogens (tertiary/aromatic N) is 3. The van der Waals surface area contributed by atoms with Crippen molar-refractivity contribution in [3.05, 3.63) is 31.8 Å². The molecule has 0 aliphatic carbocycles. The van der Waals surface area contributed by atoms with Crippen molar-refractivity contribution in [3.8, 4) is 0 Å². The molecule has 0 N–H and O–H groups in total. The second kappa shape index (κ2) is 4.90. The largest absolute Gasteiger partial charge is 0.339 e. The molecular weight excluding hydrogens is 278 g/mol. The lowest BCUT2D eigenvalue weighted by Crippen LogP contribution is -2.36. The first-order valence-corrected chi connectivity index (χ1v) is 7.04. The molecule has 2 rings (SSSR count). The second-order valence-corrected chi connectivity index (χ2v) is 6.08. The molecule has 2 aromatic rings. The first-order chi connectivity index (χ1) is 9.25. The van der Waals surface area contributed by atoms with E-state index in [0.717, 1.165) is 4.57 Å². The number of thiophene rings is 1. The summed E-state index contributed by atoms with van der Waals surface area (Å²) in [5.41, 5.74) is -0.758. The Morgan fingerprint density at radius 2 is 1.85 bits per heavy atom. The summed E-state index contributed by atoms with van der Waals surface area (Å²) in [6.45, 7) is 3.83. The van der Waals surface area contributed by atoms with Crippen molar-refractivity contribution in [2.24, 2.45) is 14.1 Å². The van der Waals surface area contributed by atoms with Crippen molar-refractivity contribution in [2.45, 2.75) is 19.9 Å². The van der Waals surface area contributed by atoms with Crippen LogP contribution >= 0.6 is 11.3 Å². The van der Waals surface area contributed by atoms with Gasteiger partial charge in [-0.1, -0.05) is 0 Å². The highest BCUT2D eigenvalue weighted by molar-refractivity contribution is 7.20. The Hall–Kier alpha value is -1.89. The van der Waals surface area contributed by atoms with E-state index in [1.807, 2.05) is 13.8 Å². The van der Waals surface area contributed by atoms with E-state index in [1.165, 1.54) is 23.0 Å². The third-order valence-corrected chi connectivity index (χ3v) is 4.63. The monoisotopic (exact) mass is 295 g/mol. The van der Waals surface area contributed by atoms with Crippen molar-refractivity contribution in [1.29, 1.82) is 0 Å². The molecule has 0 saturated carbocycles. The molecule has 2 aromatic heterocycles. The van der Waals surface area contributed by atoms with Gasteiger partial charge in [-0.25, -0.2) is 4.79 Å². The van der Waals surface area contributed by atoms with Gasteiger partial charge >= 0.3 is 5.69 Å². The number of carbonyl (C=O) groups excluding carboxylic acids is 1. The Morgan fingerprint density at radius 1 is 1.25 bits per heavy atom. The molecule has 0 atom stereocenters. The lowest BCUT2D eigenvalue weighted by molar-refractivity contribution is 0.0760. The minimum absolute atomic E-state index is 0.0689. The Kier molecular flexibility index (Phi) is 3.56. The van der Waals surface area contributed by atoms with Crippen LogP contribution in [0.2, 0.25) is 0 Å². The third-order valence-electron chi connectivity index (χ3n) is 3.43. The van der Waals surface area contributed by atoms with E-state index in [-0.39, 0.29) is 23.2 Å². The van der Waals surface area contributed by atoms with E-state index in [2.05, 4.69) is 0 Å². The van der Waals surface area contributed by atoms with Gasteiger partial charge in [-0.2, -0.15) is 0 Å². The topological polar surface area (TPSA) is 64.3 Å². The summed E-state index contributed by atoms with van der Waals surface area (Å²) in [5.74, 6) is -0.143. The second-order valence-electron chi connectivity index (χ2n) is 5.05. The highest BCUT2D eigenvalue weighted by atomic mass is 32.1. The zero-order valence-electron chi connectivity index (χ0n) is 12.1. The zero-order chi connectivity index (χ0) is 15.2. The lowest BCUT2D eigenvalue weighted by atomic mass is 10.3. The van der Waals surface area contributed by atoms with Crippen LogP contribution in [0.4, 0.5) is 0 Å². The number of aromatic nitrogens is 2. The van der Waals surface area contributed by atoms with Crippen molar-refractivity contribution >= 4 is 27.5 Å². The molecule has 0 radical (unpaired) electrons. The quantitative estimate of drug-likeness (QED) is 0.822. The summed E-state index contributed by atoms with van der Waals surface area (Å²) in [6.07, 6.45) is 0. The Morgan fingerprint density at radius 3 is 2.40 bits per heavy atom. The molecule has 0 spiro atoms. The van der Waals surface area contributed by atoms with E-state index in [4.69, 9.17) is 0 Å². The predicted molar refractivity (Wildman–Crippen MR) is 79.5 cm³/mol. The summed E-state index contributed by atoms with van der Waals surface area (Å²) in [5, 5.41) is 0.403. The zero-order valence-corrected chi connectivity index (χ0v) is 12.9. The van der Waals surface area contributed by atoms with E-state index < -0.39 is 0 Å². The van der Waals surface area contributed by atoms with Gasteiger partial charge in [-0.15, -0.1) is 11.3 Å². The molecule has 1 amide bonds. The van der Waals surface area contributed by atoms with Gasteiger partial charge in [0.05, 0.1) is 10.3 Å². The fourth-order valence-electron chi connectivity index (χ4n) is 1.88. The fourth-order valence-corrected chi connectivity index (χ4v) is 2.96. The van der Waals surface area contributed by atoms with Crippen molar-refractivity contribution < 1.29 is 4.79 Å². The van der Waals surface area contributed by atoms with Crippen LogP contribution in [0.3, 0.4) is 0 Å². The summed E-state index contributed by atoms with van der Waals surface area (Å²) < 4.78 is 2.45. The van der Waals surface area contributed by atoms with Crippen LogP contribution in [0.1, 0.15) is 23.5 Å². The van der Waals surface area contributed by atoms with Crippen LogP contribution in [0.5, 0.6) is 0 Å². The minimum Gasteiger partial charge on any atom is -0.339 e. The Bertz CT molecular complexity index is 798. The highest BCUT2D eigenvalue weighted by Crippen LogP contribution is 2.23. The number of amides is 1. The number of hydrogen-bond donors (Lipinski definition) is 0. The number of fused-ring (bicyclic) bond motifs is 1. The maximum Gasteiger partial charge on any atom is 0.331 e. The molecule has 6 nitrogen and oxygen atoms in total. The maximum absolute atomic E-state index is 12.3. The summed E-state index contributed by atoms with van der Waals surface area (Å²) in [7, 11) is 4.75. The molecule has 0 aliphatic heterocycles. The standard InChI is InChI=1S/C13H17N3O3S/c1-7(2)14(3)11(18)9-6-8-10(17)15(4)13(19)16(5)12(8)20-9/h6-7H,1-5H3. The number of rotatable bonds is 2. The first kappa shape index (κ1) is 14.5. The number of aryl methyl sites for hydroxylation is 1. The SMILES string of the molecule is CC(C)N(C)C(=O)c1cc2c(=O)n(C)c(=O)n(C)c2s1. The molecule has 0 aliphatic rings.